The summed E-state index contributed by atoms with van der Waals surface area (Å²) in [5, 5.41) is 8.90. The molecule has 0 heterocycles. The van der Waals surface area contributed by atoms with Gasteiger partial charge >= 0.3 is 0 Å². The molecule has 1 atom stereocenters. The maximum Gasteiger partial charge on any atom is 0.0745 e. The minimum absolute atomic E-state index is 0.323. The van der Waals surface area contributed by atoms with Crippen LogP contribution in [0.5, 0.6) is 0 Å². The third-order valence-corrected chi connectivity index (χ3v) is 1.93. The summed E-state index contributed by atoms with van der Waals surface area (Å²) in [6, 6.07) is 0. The zero-order chi connectivity index (χ0) is 10.1. The summed E-state index contributed by atoms with van der Waals surface area (Å²) >= 11 is 0. The third kappa shape index (κ3) is 11.9. The molecule has 2 nitrogen and oxygen atoms in total. The Hall–Kier alpha value is -0.0800. The molecule has 1 N–H and O–H groups in total. The molecule has 0 bridgehead atoms. The largest absolute Gasteiger partial charge is 0.391 e. The fraction of sp³-hybridized carbons (Fsp3) is 1.00. The van der Waals surface area contributed by atoms with Gasteiger partial charge in [-0.05, 0) is 19.3 Å². The number of aliphatic hydroxyl groups excluding tert-OH is 1. The minimum atomic E-state index is -0.323. The second-order valence-corrected chi connectivity index (χ2v) is 4.17. The first kappa shape index (κ1) is 12.9. The molecule has 0 aliphatic heterocycles. The zero-order valence-corrected chi connectivity index (χ0v) is 9.25. The summed E-state index contributed by atoms with van der Waals surface area (Å²) in [7, 11) is 0. The molecule has 0 aromatic heterocycles. The molecular weight excluding hydrogens is 164 g/mol. The molecule has 0 aromatic carbocycles. The lowest BCUT2D eigenvalue weighted by atomic mass is 10.1. The van der Waals surface area contributed by atoms with Crippen LogP contribution in [-0.2, 0) is 4.74 Å². The van der Waals surface area contributed by atoms with Crippen LogP contribution in [0.15, 0.2) is 0 Å². The Morgan fingerprint density at radius 2 is 1.77 bits per heavy atom. The van der Waals surface area contributed by atoms with Gasteiger partial charge in [-0.15, -0.1) is 0 Å². The number of aliphatic hydroxyl groups is 1. The molecule has 1 unspecified atom stereocenters. The lowest BCUT2D eigenvalue weighted by Gasteiger charge is -2.06. The molecule has 0 amide bonds. The van der Waals surface area contributed by atoms with E-state index in [2.05, 4.69) is 13.8 Å². The van der Waals surface area contributed by atoms with Crippen molar-refractivity contribution in [1.82, 2.24) is 0 Å². The fourth-order valence-electron chi connectivity index (χ4n) is 1.19. The number of ether oxygens (including phenoxy) is 1. The Bertz CT molecular complexity index is 88.3. The summed E-state index contributed by atoms with van der Waals surface area (Å²) in [6.07, 6.45) is 4.67. The first-order valence-electron chi connectivity index (χ1n) is 5.38. The van der Waals surface area contributed by atoms with Crippen LogP contribution in [-0.4, -0.2) is 24.4 Å². The average molecular weight is 188 g/mol. The van der Waals surface area contributed by atoms with Gasteiger partial charge in [0.05, 0.1) is 12.7 Å². The molecule has 13 heavy (non-hydrogen) atoms. The summed E-state index contributed by atoms with van der Waals surface area (Å²) in [5.74, 6) is 0.818. The summed E-state index contributed by atoms with van der Waals surface area (Å²) in [5.41, 5.74) is 0. The van der Waals surface area contributed by atoms with Crippen LogP contribution in [0.25, 0.3) is 0 Å². The highest BCUT2D eigenvalue weighted by molar-refractivity contribution is 4.47. The van der Waals surface area contributed by atoms with Gasteiger partial charge in [0.2, 0.25) is 0 Å². The smallest absolute Gasteiger partial charge is 0.0745 e. The first-order valence-corrected chi connectivity index (χ1v) is 5.38. The van der Waals surface area contributed by atoms with E-state index in [-0.39, 0.29) is 6.10 Å². The zero-order valence-electron chi connectivity index (χ0n) is 9.25. The Balaban J connectivity index is 2.92. The normalized spacial score (nSPS) is 13.6. The molecule has 0 saturated heterocycles. The maximum atomic E-state index is 8.90. The summed E-state index contributed by atoms with van der Waals surface area (Å²) in [6.45, 7) is 7.53. The van der Waals surface area contributed by atoms with Crippen LogP contribution in [0.4, 0.5) is 0 Å². The molecule has 0 fully saturated rings. The number of hydrogen-bond donors (Lipinski definition) is 1. The van der Waals surface area contributed by atoms with Crippen molar-refractivity contribution in [3.63, 3.8) is 0 Å². The number of hydrogen-bond acceptors (Lipinski definition) is 2. The number of unbranched alkanes of at least 4 members (excludes halogenated alkanes) is 2. The standard InChI is InChI=1S/C11H24O2/c1-10(2)7-5-4-6-8-13-9-11(3)12/h10-12H,4-9H2,1-3H3. The molecule has 0 rings (SSSR count). The molecule has 0 spiro atoms. The predicted molar refractivity (Wildman–Crippen MR) is 55.8 cm³/mol. The highest BCUT2D eigenvalue weighted by atomic mass is 16.5. The van der Waals surface area contributed by atoms with Gasteiger partial charge in [-0.3, -0.25) is 0 Å². The first-order chi connectivity index (χ1) is 6.13. The monoisotopic (exact) mass is 188 g/mol. The highest BCUT2D eigenvalue weighted by Crippen LogP contribution is 2.07. The van der Waals surface area contributed by atoms with Gasteiger partial charge in [0.25, 0.3) is 0 Å². The van der Waals surface area contributed by atoms with Crippen molar-refractivity contribution in [3.8, 4) is 0 Å². The quantitative estimate of drug-likeness (QED) is 0.593. The van der Waals surface area contributed by atoms with E-state index in [0.29, 0.717) is 6.61 Å². The maximum absolute atomic E-state index is 8.90. The van der Waals surface area contributed by atoms with Crippen molar-refractivity contribution in [3.05, 3.63) is 0 Å². The summed E-state index contributed by atoms with van der Waals surface area (Å²) < 4.78 is 5.25. The molecule has 0 aliphatic carbocycles. The van der Waals surface area contributed by atoms with Gasteiger partial charge in [-0.25, -0.2) is 0 Å². The van der Waals surface area contributed by atoms with E-state index in [4.69, 9.17) is 9.84 Å². The van der Waals surface area contributed by atoms with Gasteiger partial charge in [-0.2, -0.15) is 0 Å². The topological polar surface area (TPSA) is 29.5 Å². The van der Waals surface area contributed by atoms with E-state index in [9.17, 15) is 0 Å². The van der Waals surface area contributed by atoms with Crippen molar-refractivity contribution >= 4 is 0 Å². The molecule has 0 saturated carbocycles. The lowest BCUT2D eigenvalue weighted by Crippen LogP contribution is -2.10. The van der Waals surface area contributed by atoms with Gasteiger partial charge in [0.15, 0.2) is 0 Å². The van der Waals surface area contributed by atoms with Gasteiger partial charge in [0, 0.05) is 6.61 Å². The predicted octanol–water partition coefficient (Wildman–Crippen LogP) is 2.60. The SMILES string of the molecule is CC(C)CCCCCOCC(C)O. The molecule has 0 aliphatic rings. The minimum Gasteiger partial charge on any atom is -0.391 e. The second kappa shape index (κ2) is 8.52. The van der Waals surface area contributed by atoms with E-state index >= 15 is 0 Å². The van der Waals surface area contributed by atoms with Crippen LogP contribution in [0.1, 0.15) is 46.5 Å². The Morgan fingerprint density at radius 3 is 2.31 bits per heavy atom. The van der Waals surface area contributed by atoms with E-state index in [0.717, 1.165) is 18.9 Å². The number of rotatable bonds is 8. The van der Waals surface area contributed by atoms with Crippen molar-refractivity contribution in [2.24, 2.45) is 5.92 Å². The van der Waals surface area contributed by atoms with Crippen LogP contribution in [0, 0.1) is 5.92 Å². The Labute approximate surface area is 82.3 Å². The Kier molecular flexibility index (Phi) is 8.46. The lowest BCUT2D eigenvalue weighted by molar-refractivity contribution is 0.0444. The van der Waals surface area contributed by atoms with E-state index in [1.807, 2.05) is 0 Å². The molecule has 0 aromatic rings. The van der Waals surface area contributed by atoms with Crippen molar-refractivity contribution in [2.45, 2.75) is 52.6 Å². The molecular formula is C11H24O2. The van der Waals surface area contributed by atoms with Gasteiger partial charge < -0.3 is 9.84 Å². The van der Waals surface area contributed by atoms with Crippen LogP contribution in [0.2, 0.25) is 0 Å². The molecule has 2 heteroatoms. The summed E-state index contributed by atoms with van der Waals surface area (Å²) in [4.78, 5) is 0. The van der Waals surface area contributed by atoms with Crippen molar-refractivity contribution in [1.29, 1.82) is 0 Å². The second-order valence-electron chi connectivity index (χ2n) is 4.17. The third-order valence-electron chi connectivity index (χ3n) is 1.93. The Morgan fingerprint density at radius 1 is 1.08 bits per heavy atom. The fourth-order valence-corrected chi connectivity index (χ4v) is 1.19. The van der Waals surface area contributed by atoms with Crippen LogP contribution < -0.4 is 0 Å². The van der Waals surface area contributed by atoms with E-state index < -0.39 is 0 Å². The van der Waals surface area contributed by atoms with Gasteiger partial charge in [0.1, 0.15) is 0 Å². The average Bonchev–Trinajstić information content (AvgIpc) is 2.01. The van der Waals surface area contributed by atoms with Crippen LogP contribution >= 0.6 is 0 Å². The van der Waals surface area contributed by atoms with Crippen molar-refractivity contribution in [2.75, 3.05) is 13.2 Å². The highest BCUT2D eigenvalue weighted by Gasteiger charge is 1.96. The molecule has 0 radical (unpaired) electrons. The van der Waals surface area contributed by atoms with Crippen LogP contribution in [0.3, 0.4) is 0 Å². The van der Waals surface area contributed by atoms with Gasteiger partial charge in [-0.1, -0.05) is 33.1 Å². The van der Waals surface area contributed by atoms with E-state index in [1.54, 1.807) is 6.92 Å². The van der Waals surface area contributed by atoms with E-state index in [1.165, 1.54) is 19.3 Å². The van der Waals surface area contributed by atoms with Crippen molar-refractivity contribution < 1.29 is 9.84 Å². The molecule has 80 valence electrons.